The van der Waals surface area contributed by atoms with Crippen LogP contribution >= 0.6 is 11.8 Å². The maximum absolute atomic E-state index is 6.59. The van der Waals surface area contributed by atoms with Crippen molar-refractivity contribution < 1.29 is 4.74 Å². The molecule has 0 N–H and O–H groups in total. The standard InChI is InChI=1S/C68H44N6OS/c1-5-21-45(22-6-1)55-43-56(46-23-7-2-8-24-46)71-68(70-55)52-38-50(40-54(42-52)74-61-31-15-19-35-65(61)76-66-36-20-16-32-62(66)74)49-37-51(41-53(39-49)73-59-29-13-17-33-63(59)75-64-34-18-14-30-60(64)73)58-44-57(47-25-9-3-10-26-47)69-67(72-58)48-27-11-4-12-28-48/h1-44H. The van der Waals surface area contributed by atoms with Crippen molar-refractivity contribution in [3.05, 3.63) is 267 Å². The van der Waals surface area contributed by atoms with Crippen molar-refractivity contribution in [3.63, 3.8) is 0 Å². The highest BCUT2D eigenvalue weighted by Gasteiger charge is 2.29. The first kappa shape index (κ1) is 44.8. The van der Waals surface area contributed by atoms with Crippen LogP contribution in [0.15, 0.2) is 277 Å². The van der Waals surface area contributed by atoms with E-state index < -0.39 is 0 Å². The molecular formula is C68H44N6OS. The fraction of sp³-hybridized carbons (Fsp3) is 0. The molecule has 0 amide bonds. The zero-order valence-electron chi connectivity index (χ0n) is 40.9. The van der Waals surface area contributed by atoms with Crippen molar-refractivity contribution in [1.29, 1.82) is 0 Å². The Balaban J connectivity index is 1.05. The normalized spacial score (nSPS) is 12.2. The van der Waals surface area contributed by atoms with Gasteiger partial charge in [-0.05, 0) is 108 Å². The smallest absolute Gasteiger partial charge is 0.160 e. The zero-order chi connectivity index (χ0) is 50.4. The summed E-state index contributed by atoms with van der Waals surface area (Å²) in [6.07, 6.45) is 0. The van der Waals surface area contributed by atoms with Gasteiger partial charge >= 0.3 is 0 Å². The second-order valence-electron chi connectivity index (χ2n) is 18.7. The van der Waals surface area contributed by atoms with Gasteiger partial charge in [0, 0.05) is 54.5 Å². The van der Waals surface area contributed by atoms with Crippen LogP contribution in [0.25, 0.3) is 78.9 Å². The minimum Gasteiger partial charge on any atom is -0.453 e. The molecule has 12 aromatic rings. The van der Waals surface area contributed by atoms with Crippen LogP contribution in [-0.4, -0.2) is 19.9 Å². The first-order chi connectivity index (χ1) is 37.6. The number of nitrogens with zero attached hydrogens (tertiary/aromatic N) is 6. The summed E-state index contributed by atoms with van der Waals surface area (Å²) < 4.78 is 6.59. The van der Waals surface area contributed by atoms with E-state index in [4.69, 9.17) is 24.7 Å². The van der Waals surface area contributed by atoms with E-state index in [9.17, 15) is 0 Å². The first-order valence-electron chi connectivity index (χ1n) is 25.3. The van der Waals surface area contributed by atoms with Crippen molar-refractivity contribution in [1.82, 2.24) is 19.9 Å². The molecule has 0 saturated heterocycles. The number of ether oxygens (including phenoxy) is 1. The van der Waals surface area contributed by atoms with E-state index in [1.807, 2.05) is 60.7 Å². The Kier molecular flexibility index (Phi) is 11.3. The van der Waals surface area contributed by atoms with E-state index >= 15 is 0 Å². The van der Waals surface area contributed by atoms with E-state index in [-0.39, 0.29) is 0 Å². The number of benzene rings is 10. The van der Waals surface area contributed by atoms with Crippen molar-refractivity contribution in [3.8, 4) is 90.4 Å². The van der Waals surface area contributed by atoms with Crippen LogP contribution in [0, 0.1) is 0 Å². The summed E-state index contributed by atoms with van der Waals surface area (Å²) >= 11 is 1.79. The molecule has 0 bridgehead atoms. The highest BCUT2D eigenvalue weighted by atomic mass is 32.2. The molecule has 8 heteroatoms. The second kappa shape index (κ2) is 19.2. The minimum absolute atomic E-state index is 0.611. The lowest BCUT2D eigenvalue weighted by molar-refractivity contribution is 0.477. The molecule has 4 heterocycles. The molecule has 0 atom stereocenters. The van der Waals surface area contributed by atoms with Crippen molar-refractivity contribution in [2.24, 2.45) is 0 Å². The van der Waals surface area contributed by atoms with Crippen LogP contribution in [-0.2, 0) is 0 Å². The predicted molar refractivity (Wildman–Crippen MR) is 309 cm³/mol. The number of aromatic nitrogens is 4. The van der Waals surface area contributed by atoms with E-state index in [2.05, 4.69) is 216 Å². The average Bonchev–Trinajstić information content (AvgIpc) is 3.56. The van der Waals surface area contributed by atoms with Gasteiger partial charge in [-0.25, -0.2) is 19.9 Å². The van der Waals surface area contributed by atoms with Gasteiger partial charge in [0.05, 0.1) is 45.5 Å². The van der Waals surface area contributed by atoms with Crippen LogP contribution in [0.3, 0.4) is 0 Å². The number of hydrogen-bond acceptors (Lipinski definition) is 8. The number of fused-ring (bicyclic) bond motifs is 4. The molecule has 14 rings (SSSR count). The molecule has 0 unspecified atom stereocenters. The van der Waals surface area contributed by atoms with Gasteiger partial charge < -0.3 is 14.5 Å². The SMILES string of the molecule is c1ccc(-c2cc(-c3cc(-c4cc(-c5nc(-c6ccccc6)cc(-c6ccccc6)n5)cc(N5c6ccccc6Sc6ccccc65)c4)cc(N4c5ccccc5Oc5ccccc54)c3)nc(-c3ccccc3)n2)cc1. The molecule has 0 fully saturated rings. The Morgan fingerprint density at radius 3 is 1.07 bits per heavy atom. The van der Waals surface area contributed by atoms with Gasteiger partial charge in [-0.15, -0.1) is 0 Å². The summed E-state index contributed by atoms with van der Waals surface area (Å²) in [5, 5.41) is 0. The molecule has 76 heavy (non-hydrogen) atoms. The maximum atomic E-state index is 6.59. The lowest BCUT2D eigenvalue weighted by Gasteiger charge is -2.34. The van der Waals surface area contributed by atoms with E-state index in [0.29, 0.717) is 11.6 Å². The summed E-state index contributed by atoms with van der Waals surface area (Å²) in [6.45, 7) is 0. The number of hydrogen-bond donors (Lipinski definition) is 0. The minimum atomic E-state index is 0.611. The largest absolute Gasteiger partial charge is 0.453 e. The molecule has 0 spiro atoms. The fourth-order valence-electron chi connectivity index (χ4n) is 10.2. The molecule has 2 aliphatic heterocycles. The molecule has 0 saturated carbocycles. The fourth-order valence-corrected chi connectivity index (χ4v) is 11.3. The topological polar surface area (TPSA) is 67.3 Å². The van der Waals surface area contributed by atoms with Crippen molar-refractivity contribution in [2.45, 2.75) is 9.79 Å². The van der Waals surface area contributed by atoms with Gasteiger partial charge in [0.15, 0.2) is 23.1 Å². The van der Waals surface area contributed by atoms with E-state index in [1.54, 1.807) is 11.8 Å². The number of rotatable bonds is 9. The van der Waals surface area contributed by atoms with Crippen molar-refractivity contribution in [2.75, 3.05) is 9.80 Å². The van der Waals surface area contributed by atoms with Gasteiger partial charge in [-0.1, -0.05) is 182 Å². The summed E-state index contributed by atoms with van der Waals surface area (Å²) in [4.78, 5) is 28.5. The Hall–Kier alpha value is -9.89. The zero-order valence-corrected chi connectivity index (χ0v) is 41.7. The first-order valence-corrected chi connectivity index (χ1v) is 26.1. The van der Waals surface area contributed by atoms with Crippen LogP contribution in [0.5, 0.6) is 11.5 Å². The highest BCUT2D eigenvalue weighted by molar-refractivity contribution is 7.99. The summed E-state index contributed by atoms with van der Waals surface area (Å²) in [6, 6.07) is 92.8. The molecule has 10 aromatic carbocycles. The van der Waals surface area contributed by atoms with Crippen LogP contribution in [0.2, 0.25) is 0 Å². The van der Waals surface area contributed by atoms with Gasteiger partial charge in [-0.2, -0.15) is 0 Å². The molecule has 0 aliphatic carbocycles. The average molecular weight is 993 g/mol. The number of para-hydroxylation sites is 6. The molecular weight excluding hydrogens is 949 g/mol. The Labute approximate surface area is 445 Å². The summed E-state index contributed by atoms with van der Waals surface area (Å²) in [5.41, 5.74) is 16.9. The van der Waals surface area contributed by atoms with E-state index in [1.165, 1.54) is 9.79 Å². The molecule has 2 aliphatic rings. The van der Waals surface area contributed by atoms with Gasteiger partial charge in [0.1, 0.15) is 0 Å². The molecule has 358 valence electrons. The Morgan fingerprint density at radius 1 is 0.263 bits per heavy atom. The highest BCUT2D eigenvalue weighted by Crippen LogP contribution is 2.54. The van der Waals surface area contributed by atoms with Gasteiger partial charge in [-0.3, -0.25) is 0 Å². The third kappa shape index (κ3) is 8.42. The summed E-state index contributed by atoms with van der Waals surface area (Å²) in [5.74, 6) is 2.78. The number of anilines is 6. The summed E-state index contributed by atoms with van der Waals surface area (Å²) in [7, 11) is 0. The van der Waals surface area contributed by atoms with Crippen LogP contribution < -0.4 is 14.5 Å². The predicted octanol–water partition coefficient (Wildman–Crippen LogP) is 18.4. The van der Waals surface area contributed by atoms with Gasteiger partial charge in [0.2, 0.25) is 0 Å². The Bertz CT molecular complexity index is 3660. The van der Waals surface area contributed by atoms with Gasteiger partial charge in [0.25, 0.3) is 0 Å². The van der Waals surface area contributed by atoms with Crippen molar-refractivity contribution >= 4 is 45.9 Å². The molecule has 7 nitrogen and oxygen atoms in total. The van der Waals surface area contributed by atoms with Crippen LogP contribution in [0.1, 0.15) is 0 Å². The lowest BCUT2D eigenvalue weighted by Crippen LogP contribution is -2.16. The molecule has 0 radical (unpaired) electrons. The quantitative estimate of drug-likeness (QED) is 0.142. The third-order valence-corrected chi connectivity index (χ3v) is 14.9. The van der Waals surface area contributed by atoms with Crippen LogP contribution in [0.4, 0.5) is 34.1 Å². The monoisotopic (exact) mass is 992 g/mol. The Morgan fingerprint density at radius 2 is 0.592 bits per heavy atom. The molecule has 2 aromatic heterocycles. The maximum Gasteiger partial charge on any atom is 0.160 e. The second-order valence-corrected chi connectivity index (χ2v) is 19.8. The van der Waals surface area contributed by atoms with E-state index in [0.717, 1.165) is 113 Å². The lowest BCUT2D eigenvalue weighted by atomic mass is 9.95. The third-order valence-electron chi connectivity index (χ3n) is 13.8.